The SMILES string of the molecule is C=C(O)[C@]1(F)CCCN(C)C1. The lowest BCUT2D eigenvalue weighted by molar-refractivity contribution is 0.0537. The van der Waals surface area contributed by atoms with Crippen LogP contribution in [0.3, 0.4) is 0 Å². The zero-order valence-electron chi connectivity index (χ0n) is 6.81. The highest BCUT2D eigenvalue weighted by Crippen LogP contribution is 2.29. The molecule has 0 unspecified atom stereocenters. The monoisotopic (exact) mass is 159 g/mol. The Labute approximate surface area is 66.3 Å². The van der Waals surface area contributed by atoms with Crippen LogP contribution in [0.4, 0.5) is 4.39 Å². The van der Waals surface area contributed by atoms with Gasteiger partial charge in [0.25, 0.3) is 0 Å². The first-order valence-electron chi connectivity index (χ1n) is 3.80. The van der Waals surface area contributed by atoms with Crippen molar-refractivity contribution in [3.05, 3.63) is 12.3 Å². The molecular formula is C8H14FNO. The standard InChI is InChI=1S/C8H14FNO/c1-7(11)8(9)4-3-5-10(2)6-8/h11H,1,3-6H2,2H3/t8-/m0/s1. The number of nitrogens with zero attached hydrogens (tertiary/aromatic N) is 1. The van der Waals surface area contributed by atoms with Gasteiger partial charge in [-0.05, 0) is 26.4 Å². The molecule has 0 bridgehead atoms. The molecule has 0 amide bonds. The van der Waals surface area contributed by atoms with Crippen molar-refractivity contribution in [3.63, 3.8) is 0 Å². The van der Waals surface area contributed by atoms with E-state index in [-0.39, 0.29) is 12.3 Å². The smallest absolute Gasteiger partial charge is 0.179 e. The Morgan fingerprint density at radius 2 is 2.36 bits per heavy atom. The highest BCUT2D eigenvalue weighted by Gasteiger charge is 2.37. The van der Waals surface area contributed by atoms with Gasteiger partial charge in [-0.1, -0.05) is 6.58 Å². The number of hydrogen-bond donors (Lipinski definition) is 1. The maximum absolute atomic E-state index is 13.6. The van der Waals surface area contributed by atoms with Crippen LogP contribution < -0.4 is 0 Å². The van der Waals surface area contributed by atoms with Crippen LogP contribution in [-0.2, 0) is 0 Å². The van der Waals surface area contributed by atoms with E-state index in [1.807, 2.05) is 11.9 Å². The Kier molecular flexibility index (Phi) is 2.18. The first-order valence-corrected chi connectivity index (χ1v) is 3.80. The molecule has 0 aromatic rings. The minimum absolute atomic E-state index is 0.266. The van der Waals surface area contributed by atoms with Crippen LogP contribution in [0.5, 0.6) is 0 Å². The molecule has 1 aliphatic rings. The topological polar surface area (TPSA) is 23.5 Å². The van der Waals surface area contributed by atoms with Crippen LogP contribution in [0.1, 0.15) is 12.8 Å². The molecule has 0 aliphatic carbocycles. The number of piperidine rings is 1. The number of halogens is 1. The van der Waals surface area contributed by atoms with Gasteiger partial charge in [0.1, 0.15) is 5.76 Å². The summed E-state index contributed by atoms with van der Waals surface area (Å²) in [6.45, 7) is 4.41. The highest BCUT2D eigenvalue weighted by molar-refractivity contribution is 5.07. The molecule has 1 aliphatic heterocycles. The number of aliphatic hydroxyl groups excluding tert-OH is 1. The summed E-state index contributed by atoms with van der Waals surface area (Å²) in [5.41, 5.74) is -1.56. The quantitative estimate of drug-likeness (QED) is 0.586. The van der Waals surface area contributed by atoms with E-state index in [1.54, 1.807) is 0 Å². The lowest BCUT2D eigenvalue weighted by atomic mass is 9.94. The van der Waals surface area contributed by atoms with Gasteiger partial charge in [-0.25, -0.2) is 4.39 Å². The van der Waals surface area contributed by atoms with Crippen molar-refractivity contribution in [1.82, 2.24) is 4.90 Å². The fourth-order valence-electron chi connectivity index (χ4n) is 1.45. The van der Waals surface area contributed by atoms with Crippen molar-refractivity contribution in [2.45, 2.75) is 18.5 Å². The summed E-state index contributed by atoms with van der Waals surface area (Å²) in [7, 11) is 1.84. The Balaban J connectivity index is 2.63. The van der Waals surface area contributed by atoms with Crippen molar-refractivity contribution >= 4 is 0 Å². The van der Waals surface area contributed by atoms with Crippen LogP contribution in [0.2, 0.25) is 0 Å². The summed E-state index contributed by atoms with van der Waals surface area (Å²) < 4.78 is 13.6. The van der Waals surface area contributed by atoms with E-state index < -0.39 is 5.67 Å². The maximum atomic E-state index is 13.6. The van der Waals surface area contributed by atoms with Gasteiger partial charge in [0, 0.05) is 6.54 Å². The molecule has 1 atom stereocenters. The molecule has 64 valence electrons. The minimum Gasteiger partial charge on any atom is -0.509 e. The molecule has 1 fully saturated rings. The Hall–Kier alpha value is -0.570. The van der Waals surface area contributed by atoms with Gasteiger partial charge in [-0.3, -0.25) is 0 Å². The van der Waals surface area contributed by atoms with E-state index in [0.29, 0.717) is 6.42 Å². The average Bonchev–Trinajstić information content (AvgIpc) is 1.86. The Morgan fingerprint density at radius 3 is 2.73 bits per heavy atom. The number of rotatable bonds is 1. The second-order valence-electron chi connectivity index (χ2n) is 3.25. The number of aliphatic hydroxyl groups is 1. The van der Waals surface area contributed by atoms with Crippen LogP contribution in [0.25, 0.3) is 0 Å². The second kappa shape index (κ2) is 2.81. The second-order valence-corrected chi connectivity index (χ2v) is 3.25. The van der Waals surface area contributed by atoms with Gasteiger partial charge in [0.15, 0.2) is 5.67 Å². The fraction of sp³-hybridized carbons (Fsp3) is 0.750. The van der Waals surface area contributed by atoms with Gasteiger partial charge in [0.05, 0.1) is 0 Å². The summed E-state index contributed by atoms with van der Waals surface area (Å²) in [6.07, 6.45) is 1.18. The number of hydrogen-bond acceptors (Lipinski definition) is 2. The fourth-order valence-corrected chi connectivity index (χ4v) is 1.45. The maximum Gasteiger partial charge on any atom is 0.179 e. The van der Waals surface area contributed by atoms with E-state index >= 15 is 0 Å². The summed E-state index contributed by atoms with van der Waals surface area (Å²) in [4.78, 5) is 1.87. The highest BCUT2D eigenvalue weighted by atomic mass is 19.1. The van der Waals surface area contributed by atoms with Gasteiger partial charge in [-0.15, -0.1) is 0 Å². The van der Waals surface area contributed by atoms with Gasteiger partial charge in [0.2, 0.25) is 0 Å². The molecule has 0 saturated carbocycles. The molecule has 2 nitrogen and oxygen atoms in total. The summed E-state index contributed by atoms with van der Waals surface area (Å²) in [6, 6.07) is 0. The van der Waals surface area contributed by atoms with E-state index in [4.69, 9.17) is 5.11 Å². The van der Waals surface area contributed by atoms with E-state index in [9.17, 15) is 4.39 Å². The third kappa shape index (κ3) is 1.71. The molecule has 1 heterocycles. The minimum atomic E-state index is -1.56. The first kappa shape index (κ1) is 8.53. The normalized spacial score (nSPS) is 33.6. The zero-order valence-corrected chi connectivity index (χ0v) is 6.81. The molecule has 0 spiro atoms. The molecule has 1 rings (SSSR count). The van der Waals surface area contributed by atoms with Crippen molar-refractivity contribution < 1.29 is 9.50 Å². The lowest BCUT2D eigenvalue weighted by Gasteiger charge is -2.34. The largest absolute Gasteiger partial charge is 0.509 e. The van der Waals surface area contributed by atoms with Gasteiger partial charge < -0.3 is 10.0 Å². The van der Waals surface area contributed by atoms with E-state index in [1.165, 1.54) is 0 Å². The van der Waals surface area contributed by atoms with Crippen molar-refractivity contribution in [1.29, 1.82) is 0 Å². The Morgan fingerprint density at radius 1 is 1.73 bits per heavy atom. The van der Waals surface area contributed by atoms with Crippen molar-refractivity contribution in [3.8, 4) is 0 Å². The lowest BCUT2D eigenvalue weighted by Crippen LogP contribution is -2.44. The Bertz CT molecular complexity index is 171. The van der Waals surface area contributed by atoms with Crippen LogP contribution >= 0.6 is 0 Å². The number of alkyl halides is 1. The average molecular weight is 159 g/mol. The third-order valence-corrected chi connectivity index (χ3v) is 2.15. The molecule has 3 heteroatoms. The molecule has 1 saturated heterocycles. The predicted octanol–water partition coefficient (Wildman–Crippen LogP) is 1.49. The van der Waals surface area contributed by atoms with Crippen LogP contribution in [0.15, 0.2) is 12.3 Å². The van der Waals surface area contributed by atoms with Crippen LogP contribution in [0, 0.1) is 0 Å². The van der Waals surface area contributed by atoms with Crippen LogP contribution in [-0.4, -0.2) is 35.8 Å². The van der Waals surface area contributed by atoms with E-state index in [0.717, 1.165) is 13.0 Å². The first-order chi connectivity index (χ1) is 5.04. The summed E-state index contributed by atoms with van der Waals surface area (Å²) in [5.74, 6) is -0.330. The third-order valence-electron chi connectivity index (χ3n) is 2.15. The van der Waals surface area contributed by atoms with Crippen molar-refractivity contribution in [2.75, 3.05) is 20.1 Å². The zero-order chi connectivity index (χ0) is 8.48. The van der Waals surface area contributed by atoms with Gasteiger partial charge >= 0.3 is 0 Å². The summed E-state index contributed by atoms with van der Waals surface area (Å²) >= 11 is 0. The molecular weight excluding hydrogens is 145 g/mol. The molecule has 0 radical (unpaired) electrons. The van der Waals surface area contributed by atoms with E-state index in [2.05, 4.69) is 6.58 Å². The number of likely N-dealkylation sites (tertiary alicyclic amines) is 1. The molecule has 1 N–H and O–H groups in total. The summed E-state index contributed by atoms with van der Waals surface area (Å²) in [5, 5.41) is 8.96. The van der Waals surface area contributed by atoms with Crippen molar-refractivity contribution in [2.24, 2.45) is 0 Å². The molecule has 11 heavy (non-hydrogen) atoms. The predicted molar refractivity (Wildman–Crippen MR) is 42.3 cm³/mol. The molecule has 0 aromatic carbocycles. The van der Waals surface area contributed by atoms with Gasteiger partial charge in [-0.2, -0.15) is 0 Å². The molecule has 0 aromatic heterocycles.